The van der Waals surface area contributed by atoms with Gasteiger partial charge in [0.2, 0.25) is 0 Å². The molecule has 0 unspecified atom stereocenters. The third-order valence-corrected chi connectivity index (χ3v) is 5.76. The summed E-state index contributed by atoms with van der Waals surface area (Å²) in [6.45, 7) is 0.978. The summed E-state index contributed by atoms with van der Waals surface area (Å²) in [5, 5.41) is 9.21. The third-order valence-electron chi connectivity index (χ3n) is 5.76. The van der Waals surface area contributed by atoms with Gasteiger partial charge >= 0.3 is 6.03 Å². The minimum absolute atomic E-state index is 0.250. The van der Waals surface area contributed by atoms with Gasteiger partial charge in [-0.3, -0.25) is 4.99 Å². The highest BCUT2D eigenvalue weighted by Gasteiger charge is 2.13. The van der Waals surface area contributed by atoms with Crippen molar-refractivity contribution in [2.45, 2.75) is 6.42 Å². The molecule has 0 aliphatic carbocycles. The molecule has 2 amide bonds. The number of para-hydroxylation sites is 2. The summed E-state index contributed by atoms with van der Waals surface area (Å²) < 4.78 is 16.2. The number of nitrogens with one attached hydrogen (secondary N) is 3. The zero-order chi connectivity index (χ0) is 22.8. The van der Waals surface area contributed by atoms with Crippen molar-refractivity contribution < 1.29 is 9.18 Å². The van der Waals surface area contributed by atoms with Crippen LogP contribution in [0.1, 0.15) is 6.42 Å². The fraction of sp³-hybridized carbons (Fsp3) is 0.154. The molecule has 0 radical (unpaired) electrons. The molecular formula is C26H24FN5O. The Kier molecular flexibility index (Phi) is 5.52. The average Bonchev–Trinajstić information content (AvgIpc) is 3.21. The molecule has 0 atom stereocenters. The average molecular weight is 442 g/mol. The number of aryl methyl sites for hydroxylation is 1. The first-order chi connectivity index (χ1) is 16.1. The van der Waals surface area contributed by atoms with E-state index in [1.807, 2.05) is 66.2 Å². The molecule has 0 fully saturated rings. The van der Waals surface area contributed by atoms with Gasteiger partial charge in [-0.15, -0.1) is 0 Å². The first kappa shape index (κ1) is 20.8. The van der Waals surface area contributed by atoms with E-state index in [2.05, 4.69) is 15.6 Å². The van der Waals surface area contributed by atoms with Crippen molar-refractivity contribution in [3.8, 4) is 0 Å². The van der Waals surface area contributed by atoms with Crippen LogP contribution in [0.2, 0.25) is 0 Å². The quantitative estimate of drug-likeness (QED) is 0.328. The van der Waals surface area contributed by atoms with Crippen LogP contribution in [0.15, 0.2) is 77.8 Å². The van der Waals surface area contributed by atoms with Gasteiger partial charge in [0, 0.05) is 42.1 Å². The van der Waals surface area contributed by atoms with Gasteiger partial charge in [-0.25, -0.2) is 9.18 Å². The van der Waals surface area contributed by atoms with Crippen LogP contribution in [0.25, 0.3) is 32.8 Å². The second-order valence-corrected chi connectivity index (χ2v) is 7.95. The lowest BCUT2D eigenvalue weighted by atomic mass is 10.1. The molecule has 7 heteroatoms. The van der Waals surface area contributed by atoms with E-state index < -0.39 is 0 Å². The van der Waals surface area contributed by atoms with Crippen molar-refractivity contribution in [3.63, 3.8) is 0 Å². The Morgan fingerprint density at radius 2 is 1.82 bits per heavy atom. The van der Waals surface area contributed by atoms with Crippen LogP contribution in [0.4, 0.5) is 14.9 Å². The van der Waals surface area contributed by atoms with E-state index >= 15 is 0 Å². The summed E-state index contributed by atoms with van der Waals surface area (Å²) in [6.07, 6.45) is 0.657. The van der Waals surface area contributed by atoms with Crippen molar-refractivity contribution in [2.24, 2.45) is 12.0 Å². The fourth-order valence-corrected chi connectivity index (χ4v) is 4.20. The summed E-state index contributed by atoms with van der Waals surface area (Å²) in [7, 11) is 1.97. The molecule has 0 aliphatic rings. The number of aromatic nitrogens is 2. The molecule has 0 aliphatic heterocycles. The second kappa shape index (κ2) is 8.78. The first-order valence-electron chi connectivity index (χ1n) is 10.9. The number of hydrogen-bond donors (Lipinski definition) is 3. The van der Waals surface area contributed by atoms with Crippen molar-refractivity contribution in [3.05, 3.63) is 84.0 Å². The highest BCUT2D eigenvalue weighted by Crippen LogP contribution is 2.26. The number of rotatable bonds is 5. The Morgan fingerprint density at radius 1 is 1.03 bits per heavy atom. The predicted octanol–water partition coefficient (Wildman–Crippen LogP) is 5.06. The highest BCUT2D eigenvalue weighted by molar-refractivity contribution is 6.09. The third kappa shape index (κ3) is 4.05. The van der Waals surface area contributed by atoms with Crippen LogP contribution in [0.5, 0.6) is 0 Å². The summed E-state index contributed by atoms with van der Waals surface area (Å²) in [6, 6.07) is 21.9. The van der Waals surface area contributed by atoms with E-state index in [-0.39, 0.29) is 11.8 Å². The molecule has 0 saturated heterocycles. The second-order valence-electron chi connectivity index (χ2n) is 7.95. The number of hydrogen-bond acceptors (Lipinski definition) is 2. The number of benzene rings is 3. The largest absolute Gasteiger partial charge is 0.341 e. The predicted molar refractivity (Wildman–Crippen MR) is 131 cm³/mol. The molecule has 5 aromatic rings. The Bertz CT molecular complexity index is 1540. The van der Waals surface area contributed by atoms with Crippen LogP contribution in [-0.2, 0) is 7.05 Å². The van der Waals surface area contributed by atoms with Crippen LogP contribution < -0.4 is 16.0 Å². The topological polar surface area (TPSA) is 74.2 Å². The summed E-state index contributed by atoms with van der Waals surface area (Å²) >= 11 is 0. The van der Waals surface area contributed by atoms with Crippen molar-refractivity contribution >= 4 is 44.6 Å². The van der Waals surface area contributed by atoms with Gasteiger partial charge in [-0.1, -0.05) is 36.4 Å². The maximum atomic E-state index is 14.2. The highest BCUT2D eigenvalue weighted by atomic mass is 19.1. The van der Waals surface area contributed by atoms with Crippen LogP contribution >= 0.6 is 0 Å². The number of aromatic amines is 1. The van der Waals surface area contributed by atoms with Gasteiger partial charge in [0.1, 0.15) is 11.5 Å². The van der Waals surface area contributed by atoms with Crippen molar-refractivity contribution in [2.75, 3.05) is 18.4 Å². The Morgan fingerprint density at radius 3 is 2.67 bits per heavy atom. The van der Waals surface area contributed by atoms with E-state index in [0.717, 1.165) is 43.9 Å². The number of fused-ring (bicyclic) bond motifs is 4. The van der Waals surface area contributed by atoms with Gasteiger partial charge < -0.3 is 20.2 Å². The molecule has 3 aromatic carbocycles. The zero-order valence-corrected chi connectivity index (χ0v) is 18.2. The van der Waals surface area contributed by atoms with Crippen LogP contribution in [0.3, 0.4) is 0 Å². The Hall–Kier alpha value is -4.13. The van der Waals surface area contributed by atoms with Gasteiger partial charge in [0.05, 0.1) is 16.3 Å². The number of anilines is 1. The number of nitrogens with zero attached hydrogens (tertiary/aromatic N) is 2. The standard InChI is InChI=1S/C26H24FN5O/c1-32-22-13-12-17(27)16-20(22)24(23-19-10-5-6-11-21(19)31-25(23)32)28-14-7-15-29-26(33)30-18-8-3-2-4-9-18/h2-6,8-13,16,31H,7,14-15H2,1H3,(H2,29,30,33). The van der Waals surface area contributed by atoms with Crippen LogP contribution in [0, 0.1) is 5.82 Å². The molecule has 0 bridgehead atoms. The Labute approximate surface area is 189 Å². The van der Waals surface area contributed by atoms with Crippen molar-refractivity contribution in [1.82, 2.24) is 14.9 Å². The summed E-state index contributed by atoms with van der Waals surface area (Å²) in [5.41, 5.74) is 3.59. The maximum absolute atomic E-state index is 14.2. The molecular weight excluding hydrogens is 417 g/mol. The van der Waals surface area contributed by atoms with E-state index in [4.69, 9.17) is 4.99 Å². The van der Waals surface area contributed by atoms with Crippen molar-refractivity contribution in [1.29, 1.82) is 0 Å². The molecule has 33 heavy (non-hydrogen) atoms. The molecule has 2 aromatic heterocycles. The lowest BCUT2D eigenvalue weighted by Crippen LogP contribution is -2.29. The smallest absolute Gasteiger partial charge is 0.319 e. The molecule has 2 heterocycles. The zero-order valence-electron chi connectivity index (χ0n) is 18.2. The van der Waals surface area contributed by atoms with Gasteiger partial charge in [-0.2, -0.15) is 0 Å². The maximum Gasteiger partial charge on any atom is 0.319 e. The van der Waals surface area contributed by atoms with E-state index in [0.29, 0.717) is 19.5 Å². The number of carbonyl (C=O) groups excluding carboxylic acids is 1. The lowest BCUT2D eigenvalue weighted by molar-refractivity contribution is 0.252. The normalized spacial score (nSPS) is 12.0. The molecule has 0 saturated carbocycles. The van der Waals surface area contributed by atoms with Crippen LogP contribution in [-0.4, -0.2) is 28.7 Å². The molecule has 0 spiro atoms. The minimum atomic E-state index is -0.294. The minimum Gasteiger partial charge on any atom is -0.341 e. The van der Waals surface area contributed by atoms with E-state index in [9.17, 15) is 9.18 Å². The van der Waals surface area contributed by atoms with Gasteiger partial charge in [0.15, 0.2) is 0 Å². The monoisotopic (exact) mass is 441 g/mol. The number of carbonyl (C=O) groups is 1. The number of halogens is 1. The van der Waals surface area contributed by atoms with E-state index in [1.54, 1.807) is 12.1 Å². The summed E-state index contributed by atoms with van der Waals surface area (Å²) in [4.78, 5) is 20.4. The van der Waals surface area contributed by atoms with Gasteiger partial charge in [0.25, 0.3) is 0 Å². The first-order valence-corrected chi connectivity index (χ1v) is 10.9. The lowest BCUT2D eigenvalue weighted by Gasteiger charge is -2.10. The number of urea groups is 1. The molecule has 6 nitrogen and oxygen atoms in total. The number of amides is 2. The number of H-pyrrole nitrogens is 1. The SMILES string of the molecule is Cn1c2ccc(F)cc2c(=NCCCNC(=O)Nc2ccccc2)c2c3ccccc3[nH]c21. The summed E-state index contributed by atoms with van der Waals surface area (Å²) in [5.74, 6) is -0.294. The van der Waals surface area contributed by atoms with E-state index in [1.165, 1.54) is 6.07 Å². The molecule has 166 valence electrons. The Balaban J connectivity index is 1.44. The molecule has 3 N–H and O–H groups in total. The fourth-order valence-electron chi connectivity index (χ4n) is 4.20. The number of pyridine rings is 1. The molecule has 5 rings (SSSR count). The van der Waals surface area contributed by atoms with Gasteiger partial charge in [-0.05, 0) is 42.8 Å².